The van der Waals surface area contributed by atoms with Crippen molar-refractivity contribution in [1.29, 1.82) is 0 Å². The topological polar surface area (TPSA) is 26.0 Å². The van der Waals surface area contributed by atoms with Crippen molar-refractivity contribution in [3.8, 4) is 22.6 Å². The van der Waals surface area contributed by atoms with Gasteiger partial charge in [-0.05, 0) is 48.9 Å². The number of fused-ring (bicyclic) bond motifs is 3. The molecule has 0 fully saturated rings. The van der Waals surface area contributed by atoms with Gasteiger partial charge in [0.25, 0.3) is 0 Å². The molecule has 1 unspecified atom stereocenters. The van der Waals surface area contributed by atoms with E-state index in [4.69, 9.17) is 9.40 Å². The van der Waals surface area contributed by atoms with Crippen LogP contribution in [0.4, 0.5) is 0 Å². The SMILES string of the molecule is CC1CCc2c(sc3nc(-c4ccccc4)cc(-c4ccco4)c23)C1. The third-order valence-electron chi connectivity index (χ3n) is 5.12. The second-order valence-corrected chi connectivity index (χ2v) is 8.01. The zero-order valence-corrected chi connectivity index (χ0v) is 15.0. The molecule has 1 aliphatic carbocycles. The van der Waals surface area contributed by atoms with Gasteiger partial charge in [0.05, 0.1) is 12.0 Å². The fourth-order valence-electron chi connectivity index (χ4n) is 3.83. The van der Waals surface area contributed by atoms with Gasteiger partial charge < -0.3 is 4.42 Å². The maximum atomic E-state index is 5.78. The minimum absolute atomic E-state index is 0.765. The fourth-order valence-corrected chi connectivity index (χ4v) is 5.23. The Morgan fingerprint density at radius 3 is 2.80 bits per heavy atom. The number of rotatable bonds is 2. The van der Waals surface area contributed by atoms with Crippen molar-refractivity contribution in [2.24, 2.45) is 5.92 Å². The molecule has 0 N–H and O–H groups in total. The lowest BCUT2D eigenvalue weighted by molar-refractivity contribution is 0.509. The fraction of sp³-hybridized carbons (Fsp3) is 0.227. The van der Waals surface area contributed by atoms with Gasteiger partial charge >= 0.3 is 0 Å². The quantitative estimate of drug-likeness (QED) is 0.423. The molecule has 5 rings (SSSR count). The number of hydrogen-bond donors (Lipinski definition) is 0. The van der Waals surface area contributed by atoms with Gasteiger partial charge in [-0.15, -0.1) is 11.3 Å². The Morgan fingerprint density at radius 1 is 1.12 bits per heavy atom. The van der Waals surface area contributed by atoms with E-state index in [-0.39, 0.29) is 0 Å². The van der Waals surface area contributed by atoms with E-state index in [0.29, 0.717) is 0 Å². The third kappa shape index (κ3) is 2.50. The summed E-state index contributed by atoms with van der Waals surface area (Å²) in [6, 6.07) is 16.6. The molecular weight excluding hydrogens is 326 g/mol. The Balaban J connectivity index is 1.81. The monoisotopic (exact) mass is 345 g/mol. The maximum absolute atomic E-state index is 5.78. The summed E-state index contributed by atoms with van der Waals surface area (Å²) < 4.78 is 5.78. The highest BCUT2D eigenvalue weighted by Crippen LogP contribution is 2.43. The van der Waals surface area contributed by atoms with Crippen LogP contribution in [0.15, 0.2) is 59.2 Å². The van der Waals surface area contributed by atoms with E-state index in [1.54, 1.807) is 6.26 Å². The molecule has 0 saturated heterocycles. The molecule has 1 aliphatic rings. The smallest absolute Gasteiger partial charge is 0.134 e. The van der Waals surface area contributed by atoms with E-state index in [1.165, 1.54) is 34.2 Å². The van der Waals surface area contributed by atoms with Gasteiger partial charge in [0.1, 0.15) is 10.6 Å². The van der Waals surface area contributed by atoms with Crippen LogP contribution in [0.1, 0.15) is 23.8 Å². The number of furan rings is 1. The standard InChI is InChI=1S/C22H19NOS/c1-14-9-10-16-20(12-14)25-22-21(16)17(19-8-5-11-24-19)13-18(23-22)15-6-3-2-4-7-15/h2-8,11,13-14H,9-10,12H2,1H3. The minimum atomic E-state index is 0.765. The second kappa shape index (κ2) is 5.85. The zero-order chi connectivity index (χ0) is 16.8. The summed E-state index contributed by atoms with van der Waals surface area (Å²) in [5, 5.41) is 1.31. The number of pyridine rings is 1. The molecule has 1 aromatic carbocycles. The predicted octanol–water partition coefficient (Wildman–Crippen LogP) is 6.35. The van der Waals surface area contributed by atoms with Gasteiger partial charge in [0.15, 0.2) is 0 Å². The normalized spacial score (nSPS) is 16.9. The number of hydrogen-bond acceptors (Lipinski definition) is 3. The molecule has 3 aromatic heterocycles. The van der Waals surface area contributed by atoms with Crippen LogP contribution in [-0.4, -0.2) is 4.98 Å². The van der Waals surface area contributed by atoms with E-state index in [9.17, 15) is 0 Å². The summed E-state index contributed by atoms with van der Waals surface area (Å²) in [6.07, 6.45) is 5.34. The van der Waals surface area contributed by atoms with E-state index >= 15 is 0 Å². The molecule has 0 aliphatic heterocycles. The Bertz CT molecular complexity index is 1030. The first kappa shape index (κ1) is 14.9. The number of nitrogens with zero attached hydrogens (tertiary/aromatic N) is 1. The number of aryl methyl sites for hydroxylation is 1. The second-order valence-electron chi connectivity index (χ2n) is 6.93. The predicted molar refractivity (Wildman–Crippen MR) is 104 cm³/mol. The molecule has 3 heterocycles. The van der Waals surface area contributed by atoms with Gasteiger partial charge in [0.2, 0.25) is 0 Å². The first-order valence-electron chi connectivity index (χ1n) is 8.84. The van der Waals surface area contributed by atoms with E-state index in [0.717, 1.165) is 34.2 Å². The lowest BCUT2D eigenvalue weighted by atomic mass is 9.88. The number of aromatic nitrogens is 1. The molecule has 3 heteroatoms. The lowest BCUT2D eigenvalue weighted by Crippen LogP contribution is -2.08. The highest BCUT2D eigenvalue weighted by molar-refractivity contribution is 7.19. The number of benzene rings is 1. The highest BCUT2D eigenvalue weighted by atomic mass is 32.1. The molecule has 1 atom stereocenters. The summed E-state index contributed by atoms with van der Waals surface area (Å²) in [6.45, 7) is 2.35. The van der Waals surface area contributed by atoms with Crippen LogP contribution in [0.5, 0.6) is 0 Å². The molecule has 124 valence electrons. The Hall–Kier alpha value is -2.39. The van der Waals surface area contributed by atoms with Crippen molar-refractivity contribution in [3.63, 3.8) is 0 Å². The maximum Gasteiger partial charge on any atom is 0.134 e. The first-order chi connectivity index (χ1) is 12.3. The molecule has 0 bridgehead atoms. The van der Waals surface area contributed by atoms with Crippen molar-refractivity contribution in [3.05, 3.63) is 65.2 Å². The van der Waals surface area contributed by atoms with E-state index < -0.39 is 0 Å². The Labute approximate surface area is 151 Å². The van der Waals surface area contributed by atoms with Gasteiger partial charge in [-0.2, -0.15) is 0 Å². The Morgan fingerprint density at radius 2 is 2.00 bits per heavy atom. The van der Waals surface area contributed by atoms with E-state index in [1.807, 2.05) is 23.5 Å². The summed E-state index contributed by atoms with van der Waals surface area (Å²) in [5.41, 5.74) is 4.85. The lowest BCUT2D eigenvalue weighted by Gasteiger charge is -2.18. The van der Waals surface area contributed by atoms with Crippen molar-refractivity contribution in [2.45, 2.75) is 26.2 Å². The van der Waals surface area contributed by atoms with Gasteiger partial charge in [-0.25, -0.2) is 4.98 Å². The first-order valence-corrected chi connectivity index (χ1v) is 9.66. The third-order valence-corrected chi connectivity index (χ3v) is 6.27. The molecule has 0 radical (unpaired) electrons. The minimum Gasteiger partial charge on any atom is -0.464 e. The summed E-state index contributed by atoms with van der Waals surface area (Å²) in [5.74, 6) is 1.70. The van der Waals surface area contributed by atoms with Crippen LogP contribution in [0.25, 0.3) is 32.8 Å². The zero-order valence-electron chi connectivity index (χ0n) is 14.2. The van der Waals surface area contributed by atoms with Crippen LogP contribution < -0.4 is 0 Å². The number of thiophene rings is 1. The molecule has 0 spiro atoms. The van der Waals surface area contributed by atoms with Crippen molar-refractivity contribution in [2.75, 3.05) is 0 Å². The Kier molecular flexibility index (Phi) is 3.49. The van der Waals surface area contributed by atoms with Crippen molar-refractivity contribution in [1.82, 2.24) is 4.98 Å². The van der Waals surface area contributed by atoms with Crippen LogP contribution in [0, 0.1) is 5.92 Å². The van der Waals surface area contributed by atoms with Crippen molar-refractivity contribution < 1.29 is 4.42 Å². The largest absolute Gasteiger partial charge is 0.464 e. The van der Waals surface area contributed by atoms with E-state index in [2.05, 4.69) is 43.3 Å². The highest BCUT2D eigenvalue weighted by Gasteiger charge is 2.24. The summed E-state index contributed by atoms with van der Waals surface area (Å²) in [7, 11) is 0. The van der Waals surface area contributed by atoms with Crippen LogP contribution >= 0.6 is 11.3 Å². The molecule has 4 aromatic rings. The molecule has 25 heavy (non-hydrogen) atoms. The van der Waals surface area contributed by atoms with Crippen LogP contribution in [0.3, 0.4) is 0 Å². The summed E-state index contributed by atoms with van der Waals surface area (Å²) in [4.78, 5) is 7.68. The van der Waals surface area contributed by atoms with Crippen LogP contribution in [0.2, 0.25) is 0 Å². The average molecular weight is 345 g/mol. The average Bonchev–Trinajstić information content (AvgIpc) is 3.28. The molecule has 0 saturated carbocycles. The molecular formula is C22H19NOS. The van der Waals surface area contributed by atoms with Gasteiger partial charge in [-0.1, -0.05) is 37.3 Å². The van der Waals surface area contributed by atoms with Crippen LogP contribution in [-0.2, 0) is 12.8 Å². The van der Waals surface area contributed by atoms with Gasteiger partial charge in [-0.3, -0.25) is 0 Å². The molecule has 2 nitrogen and oxygen atoms in total. The van der Waals surface area contributed by atoms with Gasteiger partial charge in [0, 0.05) is 21.4 Å². The summed E-state index contributed by atoms with van der Waals surface area (Å²) >= 11 is 1.87. The van der Waals surface area contributed by atoms with Crippen molar-refractivity contribution >= 4 is 21.6 Å². The molecule has 0 amide bonds.